The van der Waals surface area contributed by atoms with Crippen molar-refractivity contribution in [2.75, 3.05) is 0 Å². The highest BCUT2D eigenvalue weighted by Gasteiger charge is 2.11. The van der Waals surface area contributed by atoms with Gasteiger partial charge in [-0.1, -0.05) is 13.3 Å². The van der Waals surface area contributed by atoms with Crippen molar-refractivity contribution in [3.05, 3.63) is 23.8 Å². The number of rotatable bonds is 3. The van der Waals surface area contributed by atoms with E-state index in [9.17, 15) is 0 Å². The van der Waals surface area contributed by atoms with Gasteiger partial charge >= 0.3 is 0 Å². The molecular formula is C11H15N3O. The molecule has 2 aromatic rings. The topological polar surface area (TPSA) is 43.9 Å². The van der Waals surface area contributed by atoms with E-state index in [0.717, 1.165) is 29.8 Å². The van der Waals surface area contributed by atoms with Gasteiger partial charge in [-0.05, 0) is 13.3 Å². The van der Waals surface area contributed by atoms with E-state index in [4.69, 9.17) is 4.42 Å². The van der Waals surface area contributed by atoms with Gasteiger partial charge in [-0.2, -0.15) is 5.10 Å². The molecule has 0 saturated heterocycles. The Morgan fingerprint density at radius 3 is 2.87 bits per heavy atom. The minimum atomic E-state index is 0.670. The van der Waals surface area contributed by atoms with Gasteiger partial charge in [0.2, 0.25) is 5.89 Å². The lowest BCUT2D eigenvalue weighted by Crippen LogP contribution is -1.92. The summed E-state index contributed by atoms with van der Waals surface area (Å²) in [6.45, 7) is 4.13. The Bertz CT molecular complexity index is 456. The van der Waals surface area contributed by atoms with Crippen LogP contribution in [0.4, 0.5) is 0 Å². The number of aryl methyl sites for hydroxylation is 2. The lowest BCUT2D eigenvalue weighted by Gasteiger charge is -1.94. The zero-order valence-corrected chi connectivity index (χ0v) is 9.32. The molecule has 0 amide bonds. The smallest absolute Gasteiger partial charge is 0.229 e. The number of hydrogen-bond acceptors (Lipinski definition) is 3. The van der Waals surface area contributed by atoms with Crippen molar-refractivity contribution >= 4 is 0 Å². The molecule has 0 saturated carbocycles. The Morgan fingerprint density at radius 1 is 1.47 bits per heavy atom. The van der Waals surface area contributed by atoms with Gasteiger partial charge in [-0.25, -0.2) is 4.98 Å². The van der Waals surface area contributed by atoms with E-state index in [1.165, 1.54) is 0 Å². The molecule has 0 radical (unpaired) electrons. The van der Waals surface area contributed by atoms with Crippen LogP contribution in [0.5, 0.6) is 0 Å². The molecule has 15 heavy (non-hydrogen) atoms. The Labute approximate surface area is 88.9 Å². The zero-order valence-electron chi connectivity index (χ0n) is 9.32. The summed E-state index contributed by atoms with van der Waals surface area (Å²) in [5.41, 5.74) is 3.05. The van der Waals surface area contributed by atoms with E-state index in [1.807, 2.05) is 18.7 Å². The molecule has 2 aromatic heterocycles. The average molecular weight is 205 g/mol. The maximum Gasteiger partial charge on any atom is 0.229 e. The van der Waals surface area contributed by atoms with Gasteiger partial charge < -0.3 is 4.42 Å². The van der Waals surface area contributed by atoms with Gasteiger partial charge in [-0.15, -0.1) is 0 Å². The summed E-state index contributed by atoms with van der Waals surface area (Å²) in [6, 6.07) is 0. The third kappa shape index (κ3) is 1.79. The Hall–Kier alpha value is -1.58. The van der Waals surface area contributed by atoms with Crippen molar-refractivity contribution in [1.29, 1.82) is 0 Å². The first kappa shape index (κ1) is 9.96. The van der Waals surface area contributed by atoms with E-state index in [2.05, 4.69) is 17.0 Å². The van der Waals surface area contributed by atoms with Crippen LogP contribution in [0.2, 0.25) is 0 Å². The quantitative estimate of drug-likeness (QED) is 0.772. The SMILES string of the molecule is CCCc1coc(-c2cnn(C)c2C)n1. The average Bonchev–Trinajstić information content (AvgIpc) is 2.77. The standard InChI is InChI=1S/C11H15N3O/c1-4-5-9-7-15-11(13-9)10-6-12-14(3)8(10)2/h6-7H,4-5H2,1-3H3. The maximum atomic E-state index is 5.43. The second-order valence-corrected chi connectivity index (χ2v) is 3.66. The van der Waals surface area contributed by atoms with Crippen LogP contribution < -0.4 is 0 Å². The highest BCUT2D eigenvalue weighted by molar-refractivity contribution is 5.55. The van der Waals surface area contributed by atoms with Gasteiger partial charge in [0.05, 0.1) is 17.5 Å². The first-order chi connectivity index (χ1) is 7.22. The van der Waals surface area contributed by atoms with Crippen molar-refractivity contribution in [2.45, 2.75) is 26.7 Å². The molecule has 0 fully saturated rings. The predicted octanol–water partition coefficient (Wildman–Crippen LogP) is 2.34. The minimum Gasteiger partial charge on any atom is -0.444 e. The first-order valence-corrected chi connectivity index (χ1v) is 5.15. The van der Waals surface area contributed by atoms with E-state index in [0.29, 0.717) is 5.89 Å². The Kier molecular flexibility index (Phi) is 2.58. The molecule has 2 rings (SSSR count). The van der Waals surface area contributed by atoms with Crippen LogP contribution in [0.1, 0.15) is 24.7 Å². The van der Waals surface area contributed by atoms with Crippen molar-refractivity contribution in [3.63, 3.8) is 0 Å². The molecule has 4 nitrogen and oxygen atoms in total. The Morgan fingerprint density at radius 2 is 2.27 bits per heavy atom. The monoisotopic (exact) mass is 205 g/mol. The first-order valence-electron chi connectivity index (χ1n) is 5.15. The predicted molar refractivity (Wildman–Crippen MR) is 57.4 cm³/mol. The van der Waals surface area contributed by atoms with E-state index >= 15 is 0 Å². The fourth-order valence-electron chi connectivity index (χ4n) is 1.51. The lowest BCUT2D eigenvalue weighted by molar-refractivity contribution is 0.571. The van der Waals surface area contributed by atoms with Crippen molar-refractivity contribution < 1.29 is 4.42 Å². The summed E-state index contributed by atoms with van der Waals surface area (Å²) in [4.78, 5) is 4.42. The van der Waals surface area contributed by atoms with E-state index in [1.54, 1.807) is 12.5 Å². The third-order valence-corrected chi connectivity index (χ3v) is 2.52. The van der Waals surface area contributed by atoms with Crippen LogP contribution in [0.15, 0.2) is 16.9 Å². The maximum absolute atomic E-state index is 5.43. The molecule has 0 atom stereocenters. The molecule has 80 valence electrons. The molecule has 0 N–H and O–H groups in total. The number of hydrogen-bond donors (Lipinski definition) is 0. The number of oxazole rings is 1. The van der Waals surface area contributed by atoms with Gasteiger partial charge in [0.15, 0.2) is 0 Å². The van der Waals surface area contributed by atoms with Crippen LogP contribution >= 0.6 is 0 Å². The Balaban J connectivity index is 2.33. The fraction of sp³-hybridized carbons (Fsp3) is 0.455. The number of nitrogens with zero attached hydrogens (tertiary/aromatic N) is 3. The van der Waals surface area contributed by atoms with E-state index in [-0.39, 0.29) is 0 Å². The normalized spacial score (nSPS) is 10.9. The summed E-state index contributed by atoms with van der Waals surface area (Å²) < 4.78 is 7.25. The second kappa shape index (κ2) is 3.88. The summed E-state index contributed by atoms with van der Waals surface area (Å²) in [5, 5.41) is 4.16. The third-order valence-electron chi connectivity index (χ3n) is 2.52. The molecule has 0 aromatic carbocycles. The summed E-state index contributed by atoms with van der Waals surface area (Å²) >= 11 is 0. The highest BCUT2D eigenvalue weighted by Crippen LogP contribution is 2.21. The lowest BCUT2D eigenvalue weighted by atomic mass is 10.2. The molecule has 0 aliphatic rings. The van der Waals surface area contributed by atoms with Crippen LogP contribution in [0.3, 0.4) is 0 Å². The minimum absolute atomic E-state index is 0.670. The van der Waals surface area contributed by atoms with Gasteiger partial charge in [-0.3, -0.25) is 4.68 Å². The van der Waals surface area contributed by atoms with Crippen molar-refractivity contribution in [2.24, 2.45) is 7.05 Å². The van der Waals surface area contributed by atoms with Crippen LogP contribution in [-0.2, 0) is 13.5 Å². The summed E-state index contributed by atoms with van der Waals surface area (Å²) in [7, 11) is 1.91. The van der Waals surface area contributed by atoms with Crippen molar-refractivity contribution in [1.82, 2.24) is 14.8 Å². The van der Waals surface area contributed by atoms with Crippen LogP contribution in [0, 0.1) is 6.92 Å². The molecule has 0 aliphatic carbocycles. The van der Waals surface area contributed by atoms with Gasteiger partial charge in [0.25, 0.3) is 0 Å². The summed E-state index contributed by atoms with van der Waals surface area (Å²) in [6.07, 6.45) is 5.56. The zero-order chi connectivity index (χ0) is 10.8. The molecule has 2 heterocycles. The van der Waals surface area contributed by atoms with Crippen molar-refractivity contribution in [3.8, 4) is 11.5 Å². The fourth-order valence-corrected chi connectivity index (χ4v) is 1.51. The molecule has 0 unspecified atom stereocenters. The van der Waals surface area contributed by atoms with E-state index < -0.39 is 0 Å². The van der Waals surface area contributed by atoms with Crippen LogP contribution in [0.25, 0.3) is 11.5 Å². The number of aromatic nitrogens is 3. The summed E-state index contributed by atoms with van der Waals surface area (Å²) in [5.74, 6) is 0.670. The molecular weight excluding hydrogens is 190 g/mol. The molecule has 0 aliphatic heterocycles. The van der Waals surface area contributed by atoms with Gasteiger partial charge in [0, 0.05) is 12.7 Å². The second-order valence-electron chi connectivity index (χ2n) is 3.66. The van der Waals surface area contributed by atoms with Gasteiger partial charge in [0.1, 0.15) is 6.26 Å². The van der Waals surface area contributed by atoms with Crippen LogP contribution in [-0.4, -0.2) is 14.8 Å². The highest BCUT2D eigenvalue weighted by atomic mass is 16.3. The molecule has 0 bridgehead atoms. The largest absolute Gasteiger partial charge is 0.444 e. The molecule has 0 spiro atoms. The molecule has 4 heteroatoms.